The fraction of sp³-hybridized carbons (Fsp3) is 0.0769. The second kappa shape index (κ2) is 4.61. The number of aryl methyl sites for hydroxylation is 1. The number of pyridine rings is 1. The van der Waals surface area contributed by atoms with Crippen LogP contribution >= 0.6 is 0 Å². The van der Waals surface area contributed by atoms with Crippen LogP contribution in [0.3, 0.4) is 0 Å². The van der Waals surface area contributed by atoms with Crippen LogP contribution in [0, 0.1) is 10.1 Å². The van der Waals surface area contributed by atoms with E-state index in [0.717, 1.165) is 0 Å². The summed E-state index contributed by atoms with van der Waals surface area (Å²) in [5, 5.41) is 15.7. The summed E-state index contributed by atoms with van der Waals surface area (Å²) in [7, 11) is 1.74. The van der Waals surface area contributed by atoms with Crippen molar-refractivity contribution in [1.29, 1.82) is 0 Å². The lowest BCUT2D eigenvalue weighted by atomic mass is 10.1. The van der Waals surface area contributed by atoms with E-state index >= 15 is 0 Å². The average Bonchev–Trinajstić information content (AvgIpc) is 2.83. The summed E-state index contributed by atoms with van der Waals surface area (Å²) in [5.74, 6) is 0.613. The van der Waals surface area contributed by atoms with Crippen molar-refractivity contribution in [1.82, 2.24) is 14.8 Å². The Morgan fingerprint density at radius 1 is 1.35 bits per heavy atom. The third kappa shape index (κ3) is 2.05. The molecule has 0 saturated heterocycles. The molecular weight excluding hydrogens is 260 g/mol. The minimum atomic E-state index is -0.463. The van der Waals surface area contributed by atoms with Crippen molar-refractivity contribution in [3.63, 3.8) is 0 Å². The van der Waals surface area contributed by atoms with Crippen LogP contribution in [0.15, 0.2) is 42.9 Å². The molecule has 0 bridgehead atoms. The number of fused-ring (bicyclic) bond motifs is 1. The van der Waals surface area contributed by atoms with Gasteiger partial charge in [0.15, 0.2) is 5.75 Å². The maximum Gasteiger partial charge on any atom is 0.320 e. The second-order valence-electron chi connectivity index (χ2n) is 4.19. The second-order valence-corrected chi connectivity index (χ2v) is 4.19. The maximum absolute atomic E-state index is 11.3. The van der Waals surface area contributed by atoms with E-state index in [-0.39, 0.29) is 11.4 Å². The first kappa shape index (κ1) is 12.1. The van der Waals surface area contributed by atoms with Crippen molar-refractivity contribution in [2.45, 2.75) is 0 Å². The Balaban J connectivity index is 2.15. The molecule has 3 rings (SSSR count). The van der Waals surface area contributed by atoms with Crippen LogP contribution in [0.4, 0.5) is 5.69 Å². The van der Waals surface area contributed by atoms with E-state index in [0.29, 0.717) is 16.7 Å². The maximum atomic E-state index is 11.3. The van der Waals surface area contributed by atoms with Crippen molar-refractivity contribution in [3.8, 4) is 11.5 Å². The summed E-state index contributed by atoms with van der Waals surface area (Å²) in [6.07, 6.45) is 4.72. The van der Waals surface area contributed by atoms with E-state index in [1.807, 2.05) is 0 Å². The molecule has 2 aromatic heterocycles. The van der Waals surface area contributed by atoms with E-state index in [2.05, 4.69) is 10.1 Å². The van der Waals surface area contributed by atoms with Gasteiger partial charge in [-0.25, -0.2) is 0 Å². The highest BCUT2D eigenvalue weighted by atomic mass is 16.6. The molecule has 1 aromatic carbocycles. The van der Waals surface area contributed by atoms with Crippen molar-refractivity contribution < 1.29 is 9.66 Å². The number of nitrogens with zero attached hydrogens (tertiary/aromatic N) is 4. The number of nitro benzene ring substituents is 1. The van der Waals surface area contributed by atoms with Gasteiger partial charge in [-0.1, -0.05) is 0 Å². The fourth-order valence-electron chi connectivity index (χ4n) is 1.97. The molecule has 20 heavy (non-hydrogen) atoms. The first-order chi connectivity index (χ1) is 9.65. The SMILES string of the molecule is Cn1cc(Oc2ccc3ncccc3c2[N+](=O)[O-])cn1. The highest BCUT2D eigenvalue weighted by Crippen LogP contribution is 2.36. The summed E-state index contributed by atoms with van der Waals surface area (Å²) >= 11 is 0. The van der Waals surface area contributed by atoms with Crippen LogP contribution in [0.1, 0.15) is 0 Å². The standard InChI is InChI=1S/C13H10N4O3/c1-16-8-9(7-15-16)20-12-5-4-11-10(3-2-6-14-11)13(12)17(18)19/h2-8H,1H3. The van der Waals surface area contributed by atoms with Gasteiger partial charge in [0.1, 0.15) is 0 Å². The van der Waals surface area contributed by atoms with Crippen LogP contribution in [0.5, 0.6) is 11.5 Å². The smallest absolute Gasteiger partial charge is 0.320 e. The summed E-state index contributed by atoms with van der Waals surface area (Å²) in [4.78, 5) is 14.9. The summed E-state index contributed by atoms with van der Waals surface area (Å²) < 4.78 is 7.11. The van der Waals surface area contributed by atoms with E-state index in [9.17, 15) is 10.1 Å². The van der Waals surface area contributed by atoms with Gasteiger partial charge in [-0.05, 0) is 24.3 Å². The zero-order chi connectivity index (χ0) is 14.1. The third-order valence-corrected chi connectivity index (χ3v) is 2.81. The third-order valence-electron chi connectivity index (χ3n) is 2.81. The number of rotatable bonds is 3. The lowest BCUT2D eigenvalue weighted by Crippen LogP contribution is -1.95. The van der Waals surface area contributed by atoms with Crippen molar-refractivity contribution >= 4 is 16.6 Å². The van der Waals surface area contributed by atoms with E-state index in [4.69, 9.17) is 4.74 Å². The Kier molecular flexibility index (Phi) is 2.79. The van der Waals surface area contributed by atoms with Crippen LogP contribution in [-0.4, -0.2) is 19.7 Å². The molecule has 0 unspecified atom stereocenters. The Bertz CT molecular complexity index is 797. The number of nitro groups is 1. The van der Waals surface area contributed by atoms with Gasteiger partial charge in [-0.15, -0.1) is 0 Å². The predicted octanol–water partition coefficient (Wildman–Crippen LogP) is 2.67. The lowest BCUT2D eigenvalue weighted by Gasteiger charge is -2.06. The Labute approximate surface area is 113 Å². The minimum absolute atomic E-state index is 0.0977. The molecule has 2 heterocycles. The molecule has 0 amide bonds. The average molecular weight is 270 g/mol. The molecular formula is C13H10N4O3. The number of benzene rings is 1. The number of hydrogen-bond donors (Lipinski definition) is 0. The van der Waals surface area contributed by atoms with E-state index in [1.54, 1.807) is 48.4 Å². The van der Waals surface area contributed by atoms with Gasteiger partial charge >= 0.3 is 5.69 Å². The molecule has 0 aliphatic heterocycles. The zero-order valence-electron chi connectivity index (χ0n) is 10.6. The van der Waals surface area contributed by atoms with Gasteiger partial charge in [0.05, 0.1) is 28.2 Å². The fourth-order valence-corrected chi connectivity index (χ4v) is 1.97. The molecule has 100 valence electrons. The van der Waals surface area contributed by atoms with Crippen LogP contribution in [-0.2, 0) is 7.05 Å². The minimum Gasteiger partial charge on any atom is -0.447 e. The van der Waals surface area contributed by atoms with Gasteiger partial charge in [0, 0.05) is 13.2 Å². The van der Waals surface area contributed by atoms with Gasteiger partial charge < -0.3 is 4.74 Å². The first-order valence-electron chi connectivity index (χ1n) is 5.84. The number of ether oxygens (including phenoxy) is 1. The van der Waals surface area contributed by atoms with Crippen molar-refractivity contribution in [3.05, 3.63) is 53.0 Å². The van der Waals surface area contributed by atoms with E-state index in [1.165, 1.54) is 6.20 Å². The molecule has 0 saturated carbocycles. The highest BCUT2D eigenvalue weighted by molar-refractivity contribution is 5.90. The van der Waals surface area contributed by atoms with Gasteiger partial charge in [-0.3, -0.25) is 19.8 Å². The highest BCUT2D eigenvalue weighted by Gasteiger charge is 2.21. The number of hydrogen-bond acceptors (Lipinski definition) is 5. The van der Waals surface area contributed by atoms with Crippen LogP contribution in [0.2, 0.25) is 0 Å². The Hall–Kier alpha value is -2.96. The van der Waals surface area contributed by atoms with Crippen molar-refractivity contribution in [2.75, 3.05) is 0 Å². The number of aromatic nitrogens is 3. The van der Waals surface area contributed by atoms with Crippen LogP contribution < -0.4 is 4.74 Å². The summed E-state index contributed by atoms with van der Waals surface area (Å²) in [5.41, 5.74) is 0.456. The molecule has 0 aliphatic carbocycles. The predicted molar refractivity (Wildman–Crippen MR) is 71.7 cm³/mol. The molecule has 3 aromatic rings. The van der Waals surface area contributed by atoms with Crippen LogP contribution in [0.25, 0.3) is 10.9 Å². The Morgan fingerprint density at radius 3 is 2.90 bits per heavy atom. The summed E-state index contributed by atoms with van der Waals surface area (Å²) in [6.45, 7) is 0. The van der Waals surface area contributed by atoms with Crippen molar-refractivity contribution in [2.24, 2.45) is 7.05 Å². The molecule has 0 aliphatic rings. The van der Waals surface area contributed by atoms with E-state index < -0.39 is 4.92 Å². The van der Waals surface area contributed by atoms with Gasteiger partial charge in [-0.2, -0.15) is 5.10 Å². The molecule has 0 radical (unpaired) electrons. The molecule has 0 atom stereocenters. The first-order valence-corrected chi connectivity index (χ1v) is 5.84. The largest absolute Gasteiger partial charge is 0.447 e. The Morgan fingerprint density at radius 2 is 2.20 bits per heavy atom. The normalized spacial score (nSPS) is 10.7. The molecule has 0 N–H and O–H groups in total. The summed E-state index contributed by atoms with van der Waals surface area (Å²) in [6, 6.07) is 6.54. The monoisotopic (exact) mass is 270 g/mol. The quantitative estimate of drug-likeness (QED) is 0.539. The molecule has 0 fully saturated rings. The van der Waals surface area contributed by atoms with Gasteiger partial charge in [0.2, 0.25) is 5.75 Å². The molecule has 0 spiro atoms. The lowest BCUT2D eigenvalue weighted by molar-refractivity contribution is -0.383. The zero-order valence-corrected chi connectivity index (χ0v) is 10.6. The molecule has 7 heteroatoms. The molecule has 7 nitrogen and oxygen atoms in total. The van der Waals surface area contributed by atoms with Gasteiger partial charge in [0.25, 0.3) is 0 Å². The topological polar surface area (TPSA) is 83.1 Å².